The van der Waals surface area contributed by atoms with Crippen molar-refractivity contribution in [1.82, 2.24) is 10.2 Å². The van der Waals surface area contributed by atoms with Crippen molar-refractivity contribution in [3.05, 3.63) is 35.9 Å². The smallest absolute Gasteiger partial charge is 0.410 e. The van der Waals surface area contributed by atoms with Crippen LogP contribution < -0.4 is 5.32 Å². The number of carbonyl (C=O) groups is 3. The van der Waals surface area contributed by atoms with Crippen molar-refractivity contribution in [2.75, 3.05) is 20.2 Å². The van der Waals surface area contributed by atoms with E-state index in [1.165, 1.54) is 7.11 Å². The standard InChI is InChI=1S/C21H30N2O6/c1-20(2,3)29-19(26)23-12-10-21(11-13-23,14-17(24)27-4)22-18(25)28-15-16-8-6-5-7-9-16/h5-9H,10-15H2,1-4H3,(H,22,25). The number of amides is 2. The monoisotopic (exact) mass is 406 g/mol. The van der Waals surface area contributed by atoms with E-state index >= 15 is 0 Å². The zero-order chi connectivity index (χ0) is 21.5. The Hall–Kier alpha value is -2.77. The summed E-state index contributed by atoms with van der Waals surface area (Å²) in [5, 5.41) is 2.83. The molecule has 1 heterocycles. The second-order valence-corrected chi connectivity index (χ2v) is 8.19. The first-order valence-corrected chi connectivity index (χ1v) is 9.66. The average molecular weight is 406 g/mol. The second kappa shape index (κ2) is 9.62. The number of carbonyl (C=O) groups excluding carboxylic acids is 3. The molecule has 8 nitrogen and oxygen atoms in total. The molecule has 0 aliphatic carbocycles. The predicted molar refractivity (Wildman–Crippen MR) is 106 cm³/mol. The molecule has 8 heteroatoms. The maximum Gasteiger partial charge on any atom is 0.410 e. The normalized spacial score (nSPS) is 15.9. The van der Waals surface area contributed by atoms with Gasteiger partial charge in [-0.1, -0.05) is 30.3 Å². The first kappa shape index (κ1) is 22.5. The van der Waals surface area contributed by atoms with Crippen LogP contribution in [0.5, 0.6) is 0 Å². The number of hydrogen-bond acceptors (Lipinski definition) is 6. The summed E-state index contributed by atoms with van der Waals surface area (Å²) >= 11 is 0. The van der Waals surface area contributed by atoms with Gasteiger partial charge >= 0.3 is 18.2 Å². The van der Waals surface area contributed by atoms with Crippen molar-refractivity contribution in [2.24, 2.45) is 0 Å². The van der Waals surface area contributed by atoms with E-state index in [1.54, 1.807) is 25.7 Å². The lowest BCUT2D eigenvalue weighted by atomic mass is 9.84. The summed E-state index contributed by atoms with van der Waals surface area (Å²) in [6.45, 7) is 6.25. The molecule has 2 rings (SSSR count). The number of nitrogens with zero attached hydrogens (tertiary/aromatic N) is 1. The van der Waals surface area contributed by atoms with Gasteiger partial charge in [-0.15, -0.1) is 0 Å². The summed E-state index contributed by atoms with van der Waals surface area (Å²) in [5.74, 6) is -0.431. The Morgan fingerprint density at radius 2 is 1.72 bits per heavy atom. The largest absolute Gasteiger partial charge is 0.469 e. The third kappa shape index (κ3) is 7.29. The van der Waals surface area contributed by atoms with E-state index in [4.69, 9.17) is 14.2 Å². The van der Waals surface area contributed by atoms with Crippen LogP contribution in [0, 0.1) is 0 Å². The summed E-state index contributed by atoms with van der Waals surface area (Å²) in [7, 11) is 1.31. The van der Waals surface area contributed by atoms with Gasteiger partial charge in [0.15, 0.2) is 0 Å². The molecule has 2 amide bonds. The molecule has 0 unspecified atom stereocenters. The van der Waals surface area contributed by atoms with Crippen molar-refractivity contribution >= 4 is 18.2 Å². The van der Waals surface area contributed by atoms with Crippen LogP contribution in [-0.4, -0.2) is 54.4 Å². The van der Waals surface area contributed by atoms with Crippen LogP contribution in [0.1, 0.15) is 45.6 Å². The molecule has 0 radical (unpaired) electrons. The molecule has 1 saturated heterocycles. The van der Waals surface area contributed by atoms with Gasteiger partial charge in [0.1, 0.15) is 12.2 Å². The number of likely N-dealkylation sites (tertiary alicyclic amines) is 1. The van der Waals surface area contributed by atoms with Crippen LogP contribution in [0.2, 0.25) is 0 Å². The minimum atomic E-state index is -0.834. The van der Waals surface area contributed by atoms with Crippen molar-refractivity contribution in [1.29, 1.82) is 0 Å². The van der Waals surface area contributed by atoms with E-state index in [0.717, 1.165) is 5.56 Å². The highest BCUT2D eigenvalue weighted by atomic mass is 16.6. The Labute approximate surface area is 171 Å². The first-order chi connectivity index (χ1) is 13.6. The van der Waals surface area contributed by atoms with Crippen molar-refractivity contribution in [3.8, 4) is 0 Å². The zero-order valence-electron chi connectivity index (χ0n) is 17.5. The molecular weight excluding hydrogens is 376 g/mol. The quantitative estimate of drug-likeness (QED) is 0.596. The van der Waals surface area contributed by atoms with E-state index in [9.17, 15) is 14.4 Å². The lowest BCUT2D eigenvalue weighted by Crippen LogP contribution is -2.57. The molecule has 1 aromatic carbocycles. The third-order valence-electron chi connectivity index (χ3n) is 4.66. The van der Waals surface area contributed by atoms with Crippen LogP contribution in [0.25, 0.3) is 0 Å². The molecule has 1 fully saturated rings. The highest BCUT2D eigenvalue weighted by Crippen LogP contribution is 2.28. The van der Waals surface area contributed by atoms with Gasteiger partial charge < -0.3 is 24.4 Å². The minimum Gasteiger partial charge on any atom is -0.469 e. The molecule has 1 aliphatic rings. The van der Waals surface area contributed by atoms with Crippen LogP contribution in [0.15, 0.2) is 30.3 Å². The number of ether oxygens (including phenoxy) is 3. The number of esters is 1. The molecule has 0 bridgehead atoms. The summed E-state index contributed by atoms with van der Waals surface area (Å²) in [6.07, 6.45) is -0.227. The summed E-state index contributed by atoms with van der Waals surface area (Å²) in [6, 6.07) is 9.32. The molecular formula is C21H30N2O6. The van der Waals surface area contributed by atoms with Crippen molar-refractivity contribution in [2.45, 2.75) is 57.8 Å². The number of alkyl carbamates (subject to hydrolysis) is 1. The van der Waals surface area contributed by atoms with E-state index in [2.05, 4.69) is 5.32 Å². The van der Waals surface area contributed by atoms with Gasteiger partial charge in [0.25, 0.3) is 0 Å². The van der Waals surface area contributed by atoms with Gasteiger partial charge in [-0.05, 0) is 39.2 Å². The van der Waals surface area contributed by atoms with E-state index in [-0.39, 0.29) is 13.0 Å². The highest BCUT2D eigenvalue weighted by Gasteiger charge is 2.40. The van der Waals surface area contributed by atoms with Gasteiger partial charge in [-0.3, -0.25) is 4.79 Å². The van der Waals surface area contributed by atoms with Crippen molar-refractivity contribution < 1.29 is 28.6 Å². The van der Waals surface area contributed by atoms with Gasteiger partial charge in [0, 0.05) is 13.1 Å². The lowest BCUT2D eigenvalue weighted by molar-refractivity contribution is -0.142. The van der Waals surface area contributed by atoms with Crippen LogP contribution in [0.3, 0.4) is 0 Å². The Morgan fingerprint density at radius 1 is 1.10 bits per heavy atom. The molecule has 29 heavy (non-hydrogen) atoms. The van der Waals surface area contributed by atoms with Crippen LogP contribution >= 0.6 is 0 Å². The Bertz CT molecular complexity index is 706. The SMILES string of the molecule is COC(=O)CC1(NC(=O)OCc2ccccc2)CCN(C(=O)OC(C)(C)C)CC1. The zero-order valence-corrected chi connectivity index (χ0v) is 17.5. The Balaban J connectivity index is 1.97. The third-order valence-corrected chi connectivity index (χ3v) is 4.66. The van der Waals surface area contributed by atoms with E-state index in [1.807, 2.05) is 30.3 Å². The second-order valence-electron chi connectivity index (χ2n) is 8.19. The lowest BCUT2D eigenvalue weighted by Gasteiger charge is -2.41. The Kier molecular flexibility index (Phi) is 7.47. The van der Waals surface area contributed by atoms with Crippen LogP contribution in [0.4, 0.5) is 9.59 Å². The number of nitrogens with one attached hydrogen (secondary N) is 1. The van der Waals surface area contributed by atoms with Gasteiger partial charge in [-0.25, -0.2) is 9.59 Å². The molecule has 0 saturated carbocycles. The van der Waals surface area contributed by atoms with Gasteiger partial charge in [0.05, 0.1) is 19.1 Å². The Morgan fingerprint density at radius 3 is 2.28 bits per heavy atom. The maximum atomic E-state index is 12.4. The van der Waals surface area contributed by atoms with Crippen molar-refractivity contribution in [3.63, 3.8) is 0 Å². The number of methoxy groups -OCH3 is 1. The fourth-order valence-electron chi connectivity index (χ4n) is 3.11. The maximum absolute atomic E-state index is 12.4. The van der Waals surface area contributed by atoms with Gasteiger partial charge in [0.2, 0.25) is 0 Å². The number of benzene rings is 1. The first-order valence-electron chi connectivity index (χ1n) is 9.66. The summed E-state index contributed by atoms with van der Waals surface area (Å²) in [5.41, 5.74) is -0.555. The number of hydrogen-bond donors (Lipinski definition) is 1. The summed E-state index contributed by atoms with van der Waals surface area (Å²) < 4.78 is 15.5. The average Bonchev–Trinajstić information content (AvgIpc) is 2.66. The molecule has 1 aliphatic heterocycles. The molecule has 1 N–H and O–H groups in total. The molecule has 1 aromatic rings. The van der Waals surface area contributed by atoms with E-state index in [0.29, 0.717) is 25.9 Å². The van der Waals surface area contributed by atoms with Crippen LogP contribution in [-0.2, 0) is 25.6 Å². The molecule has 160 valence electrons. The number of rotatable bonds is 5. The van der Waals surface area contributed by atoms with Gasteiger partial charge in [-0.2, -0.15) is 0 Å². The molecule has 0 atom stereocenters. The fraction of sp³-hybridized carbons (Fsp3) is 0.571. The summed E-state index contributed by atoms with van der Waals surface area (Å²) in [4.78, 5) is 38.2. The topological polar surface area (TPSA) is 94.2 Å². The highest BCUT2D eigenvalue weighted by molar-refractivity contribution is 5.74. The fourth-order valence-corrected chi connectivity index (χ4v) is 3.11. The number of piperidine rings is 1. The molecule has 0 spiro atoms. The van der Waals surface area contributed by atoms with E-state index < -0.39 is 29.3 Å². The predicted octanol–water partition coefficient (Wildman–Crippen LogP) is 3.25. The minimum absolute atomic E-state index is 0.00605. The molecule has 0 aromatic heterocycles.